The first-order chi connectivity index (χ1) is 9.94. The molecule has 0 spiro atoms. The van der Waals surface area contributed by atoms with Crippen LogP contribution < -0.4 is 15.2 Å². The number of oxime groups is 1. The monoisotopic (exact) mass is 295 g/mol. The molecule has 0 bridgehead atoms. The van der Waals surface area contributed by atoms with Gasteiger partial charge in [-0.05, 0) is 18.2 Å². The van der Waals surface area contributed by atoms with E-state index in [0.29, 0.717) is 23.6 Å². The van der Waals surface area contributed by atoms with Gasteiger partial charge in [0.15, 0.2) is 11.5 Å². The number of carbonyl (C=O) groups is 1. The molecule has 0 aliphatic rings. The summed E-state index contributed by atoms with van der Waals surface area (Å²) >= 11 is 0. The highest BCUT2D eigenvalue weighted by Gasteiger charge is 2.18. The molecule has 0 aromatic heterocycles. The quantitative estimate of drug-likeness (QED) is 0.355. The minimum absolute atomic E-state index is 0.0851. The summed E-state index contributed by atoms with van der Waals surface area (Å²) in [4.78, 5) is 13.8. The van der Waals surface area contributed by atoms with E-state index in [1.54, 1.807) is 32.2 Å². The fourth-order valence-corrected chi connectivity index (χ4v) is 1.88. The lowest BCUT2D eigenvalue weighted by Gasteiger charge is -2.21. The second-order valence-corrected chi connectivity index (χ2v) is 4.68. The molecule has 1 aromatic rings. The van der Waals surface area contributed by atoms with Gasteiger partial charge in [0.1, 0.15) is 5.84 Å². The van der Waals surface area contributed by atoms with Crippen molar-refractivity contribution in [2.75, 3.05) is 27.8 Å². The van der Waals surface area contributed by atoms with Crippen molar-refractivity contribution in [2.24, 2.45) is 16.8 Å². The van der Waals surface area contributed by atoms with Crippen LogP contribution in [-0.4, -0.2) is 49.7 Å². The summed E-state index contributed by atoms with van der Waals surface area (Å²) in [5.41, 5.74) is 5.99. The number of amidine groups is 1. The Hall–Kier alpha value is -2.44. The van der Waals surface area contributed by atoms with Crippen molar-refractivity contribution in [1.29, 1.82) is 0 Å². The molecule has 21 heavy (non-hydrogen) atoms. The van der Waals surface area contributed by atoms with E-state index in [4.69, 9.17) is 20.4 Å². The van der Waals surface area contributed by atoms with Crippen molar-refractivity contribution in [1.82, 2.24) is 4.90 Å². The van der Waals surface area contributed by atoms with Crippen LogP contribution in [0.15, 0.2) is 23.4 Å². The zero-order valence-corrected chi connectivity index (χ0v) is 12.7. The van der Waals surface area contributed by atoms with E-state index < -0.39 is 0 Å². The minimum atomic E-state index is -0.246. The third-order valence-corrected chi connectivity index (χ3v) is 3.15. The summed E-state index contributed by atoms with van der Waals surface area (Å²) < 4.78 is 10.3. The summed E-state index contributed by atoms with van der Waals surface area (Å²) in [5, 5.41) is 11.6. The van der Waals surface area contributed by atoms with E-state index in [1.807, 2.05) is 0 Å². The highest BCUT2D eigenvalue weighted by molar-refractivity contribution is 5.95. The molecule has 1 aromatic carbocycles. The van der Waals surface area contributed by atoms with E-state index in [1.165, 1.54) is 19.1 Å². The van der Waals surface area contributed by atoms with Crippen molar-refractivity contribution in [3.05, 3.63) is 23.8 Å². The van der Waals surface area contributed by atoms with Gasteiger partial charge in [0.05, 0.1) is 14.2 Å². The summed E-state index contributed by atoms with van der Waals surface area (Å²) in [5.74, 6) is 0.697. The van der Waals surface area contributed by atoms with E-state index in [0.717, 1.165) is 0 Å². The van der Waals surface area contributed by atoms with Gasteiger partial charge in [0.25, 0.3) is 5.91 Å². The maximum Gasteiger partial charge on any atom is 0.253 e. The zero-order chi connectivity index (χ0) is 16.0. The number of hydrogen-bond donors (Lipinski definition) is 2. The van der Waals surface area contributed by atoms with Crippen LogP contribution >= 0.6 is 0 Å². The normalized spacial score (nSPS) is 12.7. The number of hydrogen-bond acceptors (Lipinski definition) is 5. The molecular weight excluding hydrogens is 274 g/mol. The Labute approximate surface area is 123 Å². The van der Waals surface area contributed by atoms with Crippen molar-refractivity contribution in [3.8, 4) is 11.5 Å². The van der Waals surface area contributed by atoms with Gasteiger partial charge in [-0.3, -0.25) is 4.79 Å². The van der Waals surface area contributed by atoms with Crippen LogP contribution in [0, 0.1) is 5.92 Å². The fourth-order valence-electron chi connectivity index (χ4n) is 1.88. The fraction of sp³-hybridized carbons (Fsp3) is 0.429. The van der Waals surface area contributed by atoms with E-state index in [9.17, 15) is 4.79 Å². The van der Waals surface area contributed by atoms with E-state index in [2.05, 4.69) is 5.16 Å². The summed E-state index contributed by atoms with van der Waals surface area (Å²) in [6, 6.07) is 4.95. The maximum atomic E-state index is 12.3. The number of carbonyl (C=O) groups excluding carboxylic acids is 1. The molecule has 0 saturated heterocycles. The minimum Gasteiger partial charge on any atom is -0.493 e. The summed E-state index contributed by atoms with van der Waals surface area (Å²) in [6.45, 7) is 2.11. The van der Waals surface area contributed by atoms with Crippen LogP contribution in [0.3, 0.4) is 0 Å². The van der Waals surface area contributed by atoms with Gasteiger partial charge in [0.2, 0.25) is 0 Å². The van der Waals surface area contributed by atoms with E-state index >= 15 is 0 Å². The molecule has 0 fully saturated rings. The topological polar surface area (TPSA) is 97.4 Å². The van der Waals surface area contributed by atoms with Crippen LogP contribution in [-0.2, 0) is 0 Å². The number of nitrogens with two attached hydrogens (primary N) is 1. The smallest absolute Gasteiger partial charge is 0.253 e. The van der Waals surface area contributed by atoms with Gasteiger partial charge in [-0.25, -0.2) is 0 Å². The Morgan fingerprint density at radius 1 is 1.38 bits per heavy atom. The number of nitrogens with zero attached hydrogens (tertiary/aromatic N) is 2. The van der Waals surface area contributed by atoms with Crippen molar-refractivity contribution >= 4 is 11.7 Å². The molecule has 7 nitrogen and oxygen atoms in total. The molecule has 116 valence electrons. The number of benzene rings is 1. The Kier molecular flexibility index (Phi) is 5.83. The van der Waals surface area contributed by atoms with Crippen LogP contribution in [0.1, 0.15) is 17.3 Å². The number of rotatable bonds is 6. The summed E-state index contributed by atoms with van der Waals surface area (Å²) in [6.07, 6.45) is 0. The molecule has 0 radical (unpaired) electrons. The summed E-state index contributed by atoms with van der Waals surface area (Å²) in [7, 11) is 4.70. The number of methoxy groups -OCH3 is 2. The average Bonchev–Trinajstić information content (AvgIpc) is 2.52. The third kappa shape index (κ3) is 4.01. The molecule has 0 aliphatic heterocycles. The molecule has 1 atom stereocenters. The molecule has 1 unspecified atom stereocenters. The third-order valence-electron chi connectivity index (χ3n) is 3.15. The second kappa shape index (κ2) is 7.37. The van der Waals surface area contributed by atoms with Crippen molar-refractivity contribution in [2.45, 2.75) is 6.92 Å². The molecular formula is C14H21N3O4. The first-order valence-corrected chi connectivity index (χ1v) is 6.39. The molecule has 0 aliphatic carbocycles. The first kappa shape index (κ1) is 16.6. The van der Waals surface area contributed by atoms with Crippen LogP contribution in [0.25, 0.3) is 0 Å². The van der Waals surface area contributed by atoms with Gasteiger partial charge < -0.3 is 25.3 Å². The average molecular weight is 295 g/mol. The molecule has 0 saturated carbocycles. The number of ether oxygens (including phenoxy) is 2. The SMILES string of the molecule is COc1ccc(C(=O)N(C)CC(C)C(N)=NO)cc1OC. The number of amides is 1. The molecule has 3 N–H and O–H groups in total. The maximum absolute atomic E-state index is 12.3. The molecule has 1 rings (SSSR count). The van der Waals surface area contributed by atoms with E-state index in [-0.39, 0.29) is 17.7 Å². The van der Waals surface area contributed by atoms with Gasteiger partial charge in [-0.2, -0.15) is 0 Å². The molecule has 0 heterocycles. The predicted molar refractivity (Wildman–Crippen MR) is 79.1 cm³/mol. The van der Waals surface area contributed by atoms with Crippen molar-refractivity contribution < 1.29 is 19.5 Å². The standard InChI is InChI=1S/C14H21N3O4/c1-9(13(15)16-19)8-17(2)14(18)10-5-6-11(20-3)12(7-10)21-4/h5-7,9,19H,8H2,1-4H3,(H2,15,16). The lowest BCUT2D eigenvalue weighted by molar-refractivity contribution is 0.0785. The Bertz CT molecular complexity index is 531. The lowest BCUT2D eigenvalue weighted by atomic mass is 10.1. The predicted octanol–water partition coefficient (Wildman–Crippen LogP) is 1.16. The largest absolute Gasteiger partial charge is 0.493 e. The van der Waals surface area contributed by atoms with Crippen LogP contribution in [0.4, 0.5) is 0 Å². The lowest BCUT2D eigenvalue weighted by Crippen LogP contribution is -2.36. The van der Waals surface area contributed by atoms with Gasteiger partial charge in [0, 0.05) is 25.1 Å². The molecule has 7 heteroatoms. The molecule has 1 amide bonds. The van der Waals surface area contributed by atoms with Crippen LogP contribution in [0.2, 0.25) is 0 Å². The van der Waals surface area contributed by atoms with Gasteiger partial charge in [-0.15, -0.1) is 0 Å². The second-order valence-electron chi connectivity index (χ2n) is 4.68. The first-order valence-electron chi connectivity index (χ1n) is 6.39. The van der Waals surface area contributed by atoms with Crippen LogP contribution in [0.5, 0.6) is 11.5 Å². The highest BCUT2D eigenvalue weighted by Crippen LogP contribution is 2.27. The highest BCUT2D eigenvalue weighted by atomic mass is 16.5. The Morgan fingerprint density at radius 3 is 2.52 bits per heavy atom. The zero-order valence-electron chi connectivity index (χ0n) is 12.7. The Morgan fingerprint density at radius 2 is 2.00 bits per heavy atom. The van der Waals surface area contributed by atoms with Gasteiger partial charge >= 0.3 is 0 Å². The van der Waals surface area contributed by atoms with Gasteiger partial charge in [-0.1, -0.05) is 12.1 Å². The Balaban J connectivity index is 2.88. The van der Waals surface area contributed by atoms with Crippen molar-refractivity contribution in [3.63, 3.8) is 0 Å².